The number of nitrogens with zero attached hydrogens (tertiary/aromatic N) is 2. The Morgan fingerprint density at radius 1 is 1.35 bits per heavy atom. The molecule has 4 heteroatoms. The van der Waals surface area contributed by atoms with Crippen LogP contribution in [0.15, 0.2) is 42.7 Å². The van der Waals surface area contributed by atoms with Gasteiger partial charge in [-0.05, 0) is 29.2 Å². The molecule has 0 bridgehead atoms. The monoisotopic (exact) mass is 304 g/mol. The fraction of sp³-hybridized carbons (Fsp3) is 0.263. The van der Waals surface area contributed by atoms with Gasteiger partial charge in [-0.25, -0.2) is 4.98 Å². The molecular formula is C19H20N4. The lowest BCUT2D eigenvalue weighted by Gasteiger charge is -2.30. The third-order valence-electron chi connectivity index (χ3n) is 4.65. The number of aromatic amines is 1. The lowest BCUT2D eigenvalue weighted by atomic mass is 9.75. The second kappa shape index (κ2) is 6.23. The van der Waals surface area contributed by atoms with Crippen LogP contribution >= 0.6 is 0 Å². The fourth-order valence-electron chi connectivity index (χ4n) is 3.08. The van der Waals surface area contributed by atoms with E-state index in [-0.39, 0.29) is 5.41 Å². The highest BCUT2D eigenvalue weighted by Crippen LogP contribution is 2.34. The minimum Gasteiger partial charge on any atom is -0.330 e. The topological polar surface area (TPSA) is 67.6 Å². The molecular weight excluding hydrogens is 284 g/mol. The summed E-state index contributed by atoms with van der Waals surface area (Å²) in [6.07, 6.45) is 10.7. The SMILES string of the molecule is C#CCC(CC)(CN)c1cccc(-c2ccnc3[nH]ncc23)c1. The van der Waals surface area contributed by atoms with Crippen molar-refractivity contribution in [2.75, 3.05) is 6.54 Å². The summed E-state index contributed by atoms with van der Waals surface area (Å²) < 4.78 is 0. The van der Waals surface area contributed by atoms with Crippen molar-refractivity contribution in [2.45, 2.75) is 25.2 Å². The predicted octanol–water partition coefficient (Wildman–Crippen LogP) is 3.25. The number of terminal acetylenes is 1. The van der Waals surface area contributed by atoms with Gasteiger partial charge in [0.15, 0.2) is 5.65 Å². The minimum absolute atomic E-state index is 0.173. The smallest absolute Gasteiger partial charge is 0.155 e. The summed E-state index contributed by atoms with van der Waals surface area (Å²) in [6, 6.07) is 10.5. The van der Waals surface area contributed by atoms with Gasteiger partial charge in [-0.3, -0.25) is 5.10 Å². The summed E-state index contributed by atoms with van der Waals surface area (Å²) in [7, 11) is 0. The number of rotatable bonds is 5. The van der Waals surface area contributed by atoms with E-state index in [1.54, 1.807) is 6.20 Å². The van der Waals surface area contributed by atoms with Gasteiger partial charge < -0.3 is 5.73 Å². The van der Waals surface area contributed by atoms with Crippen LogP contribution < -0.4 is 5.73 Å². The largest absolute Gasteiger partial charge is 0.330 e. The molecule has 0 aliphatic carbocycles. The Morgan fingerprint density at radius 2 is 2.22 bits per heavy atom. The van der Waals surface area contributed by atoms with E-state index in [0.29, 0.717) is 13.0 Å². The highest BCUT2D eigenvalue weighted by Gasteiger charge is 2.28. The van der Waals surface area contributed by atoms with Crippen molar-refractivity contribution in [1.29, 1.82) is 0 Å². The maximum atomic E-state index is 6.08. The molecule has 3 aromatic rings. The summed E-state index contributed by atoms with van der Waals surface area (Å²) >= 11 is 0. The summed E-state index contributed by atoms with van der Waals surface area (Å²) in [6.45, 7) is 2.67. The zero-order chi connectivity index (χ0) is 16.3. The van der Waals surface area contributed by atoms with Crippen molar-refractivity contribution < 1.29 is 0 Å². The summed E-state index contributed by atoms with van der Waals surface area (Å²) in [4.78, 5) is 4.30. The van der Waals surface area contributed by atoms with Crippen molar-refractivity contribution in [2.24, 2.45) is 5.73 Å². The second-order valence-corrected chi connectivity index (χ2v) is 5.79. The van der Waals surface area contributed by atoms with Crippen LogP contribution in [0.3, 0.4) is 0 Å². The minimum atomic E-state index is -0.173. The number of aromatic nitrogens is 3. The van der Waals surface area contributed by atoms with Gasteiger partial charge in [0.2, 0.25) is 0 Å². The number of benzene rings is 1. The molecule has 1 unspecified atom stereocenters. The van der Waals surface area contributed by atoms with E-state index in [1.165, 1.54) is 5.56 Å². The average Bonchev–Trinajstić information content (AvgIpc) is 3.08. The van der Waals surface area contributed by atoms with Crippen LogP contribution in [-0.2, 0) is 5.41 Å². The Labute approximate surface area is 136 Å². The van der Waals surface area contributed by atoms with Gasteiger partial charge in [0.05, 0.1) is 6.20 Å². The van der Waals surface area contributed by atoms with Crippen molar-refractivity contribution in [3.8, 4) is 23.5 Å². The molecule has 2 heterocycles. The number of pyridine rings is 1. The third kappa shape index (κ3) is 2.60. The molecule has 2 aromatic heterocycles. The molecule has 1 atom stereocenters. The Balaban J connectivity index is 2.13. The van der Waals surface area contributed by atoms with Gasteiger partial charge >= 0.3 is 0 Å². The Hall–Kier alpha value is -2.64. The molecule has 4 nitrogen and oxygen atoms in total. The molecule has 0 spiro atoms. The highest BCUT2D eigenvalue weighted by molar-refractivity contribution is 5.92. The van der Waals surface area contributed by atoms with E-state index >= 15 is 0 Å². The van der Waals surface area contributed by atoms with Crippen LogP contribution in [0.2, 0.25) is 0 Å². The number of nitrogens with one attached hydrogen (secondary N) is 1. The summed E-state index contributed by atoms with van der Waals surface area (Å²) in [5.41, 5.74) is 10.1. The van der Waals surface area contributed by atoms with Crippen LogP contribution in [0.5, 0.6) is 0 Å². The molecule has 1 aromatic carbocycles. The van der Waals surface area contributed by atoms with Crippen LogP contribution in [-0.4, -0.2) is 21.7 Å². The quantitative estimate of drug-likeness (QED) is 0.711. The van der Waals surface area contributed by atoms with Crippen LogP contribution in [0.25, 0.3) is 22.2 Å². The molecule has 0 radical (unpaired) electrons. The lowest BCUT2D eigenvalue weighted by molar-refractivity contribution is 0.433. The van der Waals surface area contributed by atoms with Crippen molar-refractivity contribution in [3.05, 3.63) is 48.3 Å². The van der Waals surface area contributed by atoms with E-state index in [0.717, 1.165) is 28.6 Å². The Kier molecular flexibility index (Phi) is 4.14. The zero-order valence-corrected chi connectivity index (χ0v) is 13.2. The highest BCUT2D eigenvalue weighted by atomic mass is 15.1. The van der Waals surface area contributed by atoms with E-state index in [4.69, 9.17) is 12.2 Å². The molecule has 0 saturated heterocycles. The Morgan fingerprint density at radius 3 is 2.96 bits per heavy atom. The maximum Gasteiger partial charge on any atom is 0.155 e. The molecule has 0 aliphatic rings. The van der Waals surface area contributed by atoms with Crippen molar-refractivity contribution in [3.63, 3.8) is 0 Å². The van der Waals surface area contributed by atoms with E-state index in [9.17, 15) is 0 Å². The summed E-state index contributed by atoms with van der Waals surface area (Å²) in [5, 5.41) is 8.01. The third-order valence-corrected chi connectivity index (χ3v) is 4.65. The first-order chi connectivity index (χ1) is 11.2. The van der Waals surface area contributed by atoms with Gasteiger partial charge in [-0.1, -0.05) is 31.2 Å². The zero-order valence-electron chi connectivity index (χ0n) is 13.2. The first kappa shape index (κ1) is 15.3. The number of hydrogen-bond acceptors (Lipinski definition) is 3. The molecule has 0 fully saturated rings. The molecule has 23 heavy (non-hydrogen) atoms. The summed E-state index contributed by atoms with van der Waals surface area (Å²) in [5.74, 6) is 2.79. The molecule has 0 amide bonds. The van der Waals surface area contributed by atoms with Crippen molar-refractivity contribution in [1.82, 2.24) is 15.2 Å². The fourth-order valence-corrected chi connectivity index (χ4v) is 3.08. The molecule has 3 N–H and O–H groups in total. The number of H-pyrrole nitrogens is 1. The molecule has 116 valence electrons. The lowest BCUT2D eigenvalue weighted by Crippen LogP contribution is -2.34. The first-order valence-corrected chi connectivity index (χ1v) is 7.76. The Bertz CT molecular complexity index is 853. The van der Waals surface area contributed by atoms with Crippen LogP contribution in [0.1, 0.15) is 25.3 Å². The van der Waals surface area contributed by atoms with Crippen LogP contribution in [0, 0.1) is 12.3 Å². The maximum absolute atomic E-state index is 6.08. The second-order valence-electron chi connectivity index (χ2n) is 5.79. The normalized spacial score (nSPS) is 13.6. The standard InChI is InChI=1S/C19H20N4/c1-3-9-19(4-2,13-20)15-7-5-6-14(11-15)16-8-10-21-18-17(16)12-22-23-18/h1,5-8,10-12H,4,9,13,20H2,2H3,(H,21,22,23). The van der Waals surface area contributed by atoms with E-state index in [2.05, 4.69) is 52.3 Å². The molecule has 3 rings (SSSR count). The van der Waals surface area contributed by atoms with E-state index < -0.39 is 0 Å². The van der Waals surface area contributed by atoms with Gasteiger partial charge in [0.25, 0.3) is 0 Å². The molecule has 0 aliphatic heterocycles. The average molecular weight is 304 g/mol. The van der Waals surface area contributed by atoms with Crippen LogP contribution in [0.4, 0.5) is 0 Å². The van der Waals surface area contributed by atoms with Gasteiger partial charge in [0, 0.05) is 30.0 Å². The number of hydrogen-bond donors (Lipinski definition) is 2. The van der Waals surface area contributed by atoms with Gasteiger partial charge in [-0.15, -0.1) is 12.3 Å². The molecule has 0 saturated carbocycles. The number of nitrogens with two attached hydrogens (primary N) is 1. The van der Waals surface area contributed by atoms with E-state index in [1.807, 2.05) is 12.3 Å². The van der Waals surface area contributed by atoms with Crippen molar-refractivity contribution >= 4 is 11.0 Å². The predicted molar refractivity (Wildman–Crippen MR) is 93.8 cm³/mol. The van der Waals surface area contributed by atoms with Gasteiger partial charge in [0.1, 0.15) is 0 Å². The first-order valence-electron chi connectivity index (χ1n) is 7.76. The van der Waals surface area contributed by atoms with Gasteiger partial charge in [-0.2, -0.15) is 5.10 Å². The number of fused-ring (bicyclic) bond motifs is 1.